The maximum absolute atomic E-state index is 5.29. The number of hydrogen-bond donors (Lipinski definition) is 1. The van der Waals surface area contributed by atoms with E-state index in [0.717, 1.165) is 16.1 Å². The molecule has 18 heavy (non-hydrogen) atoms. The van der Waals surface area contributed by atoms with Gasteiger partial charge in [-0.2, -0.15) is 0 Å². The van der Waals surface area contributed by atoms with Crippen LogP contribution in [-0.4, -0.2) is 13.7 Å². The van der Waals surface area contributed by atoms with Crippen molar-refractivity contribution in [2.45, 2.75) is 13.0 Å². The molecule has 1 N–H and O–H groups in total. The Bertz CT molecular complexity index is 512. The molecule has 0 bridgehead atoms. The van der Waals surface area contributed by atoms with Crippen LogP contribution < -0.4 is 10.1 Å². The van der Waals surface area contributed by atoms with E-state index in [-0.39, 0.29) is 6.04 Å². The molecular weight excluding hydrogens is 310 g/mol. The fourth-order valence-corrected chi connectivity index (χ4v) is 3.42. The summed E-state index contributed by atoms with van der Waals surface area (Å²) in [5.41, 5.74) is 1.23. The Balaban J connectivity index is 2.34. The second kappa shape index (κ2) is 6.36. The molecule has 1 unspecified atom stereocenters. The van der Waals surface area contributed by atoms with Crippen molar-refractivity contribution in [3.05, 3.63) is 50.6 Å². The quantitative estimate of drug-likeness (QED) is 0.888. The molecule has 0 spiro atoms. The van der Waals surface area contributed by atoms with Crippen LogP contribution in [0.3, 0.4) is 0 Å². The van der Waals surface area contributed by atoms with Crippen LogP contribution in [0.2, 0.25) is 0 Å². The van der Waals surface area contributed by atoms with Gasteiger partial charge in [0.25, 0.3) is 0 Å². The van der Waals surface area contributed by atoms with E-state index in [4.69, 9.17) is 4.74 Å². The standard InChI is InChI=1S/C14H16BrNOS/c1-3-16-14(12-7-8-13(15)18-12)10-5-4-6-11(9-10)17-2/h4-9,14,16H,3H2,1-2H3. The van der Waals surface area contributed by atoms with Crippen LogP contribution in [0.5, 0.6) is 5.75 Å². The van der Waals surface area contributed by atoms with E-state index >= 15 is 0 Å². The van der Waals surface area contributed by atoms with Crippen LogP contribution in [0.25, 0.3) is 0 Å². The van der Waals surface area contributed by atoms with Gasteiger partial charge in [-0.3, -0.25) is 0 Å². The Labute approximate surface area is 120 Å². The number of ether oxygens (including phenoxy) is 1. The Morgan fingerprint density at radius 2 is 2.17 bits per heavy atom. The van der Waals surface area contributed by atoms with Gasteiger partial charge in [-0.1, -0.05) is 19.1 Å². The Morgan fingerprint density at radius 1 is 1.33 bits per heavy atom. The average Bonchev–Trinajstić information content (AvgIpc) is 2.82. The van der Waals surface area contributed by atoms with Gasteiger partial charge < -0.3 is 10.1 Å². The summed E-state index contributed by atoms with van der Waals surface area (Å²) in [6, 6.07) is 12.7. The summed E-state index contributed by atoms with van der Waals surface area (Å²) >= 11 is 5.28. The van der Waals surface area contributed by atoms with Gasteiger partial charge in [-0.25, -0.2) is 0 Å². The van der Waals surface area contributed by atoms with Gasteiger partial charge in [0.05, 0.1) is 16.9 Å². The molecule has 2 aromatic rings. The zero-order chi connectivity index (χ0) is 13.0. The van der Waals surface area contributed by atoms with Gasteiger partial charge in [0.1, 0.15) is 5.75 Å². The molecule has 2 nitrogen and oxygen atoms in total. The van der Waals surface area contributed by atoms with Crippen molar-refractivity contribution in [2.24, 2.45) is 0 Å². The minimum absolute atomic E-state index is 0.224. The van der Waals surface area contributed by atoms with Crippen molar-refractivity contribution in [1.82, 2.24) is 5.32 Å². The lowest BCUT2D eigenvalue weighted by Gasteiger charge is -2.17. The van der Waals surface area contributed by atoms with Crippen LogP contribution >= 0.6 is 27.3 Å². The number of hydrogen-bond acceptors (Lipinski definition) is 3. The smallest absolute Gasteiger partial charge is 0.119 e. The van der Waals surface area contributed by atoms with Crippen LogP contribution in [0.1, 0.15) is 23.4 Å². The molecule has 0 amide bonds. The summed E-state index contributed by atoms with van der Waals surface area (Å²) < 4.78 is 6.45. The first-order valence-corrected chi connectivity index (χ1v) is 7.48. The lowest BCUT2D eigenvalue weighted by Crippen LogP contribution is -2.21. The predicted molar refractivity (Wildman–Crippen MR) is 80.5 cm³/mol. The minimum Gasteiger partial charge on any atom is -0.497 e. The van der Waals surface area contributed by atoms with Crippen LogP contribution in [-0.2, 0) is 0 Å². The topological polar surface area (TPSA) is 21.3 Å². The maximum atomic E-state index is 5.29. The number of thiophene rings is 1. The van der Waals surface area contributed by atoms with E-state index in [2.05, 4.69) is 52.4 Å². The van der Waals surface area contributed by atoms with Gasteiger partial charge in [0.2, 0.25) is 0 Å². The predicted octanol–water partition coefficient (Wildman–Crippen LogP) is 4.22. The number of methoxy groups -OCH3 is 1. The lowest BCUT2D eigenvalue weighted by molar-refractivity contribution is 0.413. The average molecular weight is 326 g/mol. The van der Waals surface area contributed by atoms with Crippen molar-refractivity contribution in [1.29, 1.82) is 0 Å². The minimum atomic E-state index is 0.224. The van der Waals surface area contributed by atoms with Gasteiger partial charge in [-0.15, -0.1) is 11.3 Å². The maximum Gasteiger partial charge on any atom is 0.119 e. The number of benzene rings is 1. The molecule has 96 valence electrons. The van der Waals surface area contributed by atoms with Crippen molar-refractivity contribution < 1.29 is 4.74 Å². The fraction of sp³-hybridized carbons (Fsp3) is 0.286. The highest BCUT2D eigenvalue weighted by Crippen LogP contribution is 2.32. The molecule has 1 heterocycles. The SMILES string of the molecule is CCNC(c1cccc(OC)c1)c1ccc(Br)s1. The second-order valence-corrected chi connectivity index (χ2v) is 6.40. The van der Waals surface area contributed by atoms with Gasteiger partial charge in [-0.05, 0) is 52.3 Å². The normalized spacial score (nSPS) is 12.4. The first-order valence-electron chi connectivity index (χ1n) is 5.87. The first kappa shape index (κ1) is 13.6. The number of nitrogens with one attached hydrogen (secondary N) is 1. The molecule has 0 aliphatic carbocycles. The molecule has 0 fully saturated rings. The van der Waals surface area contributed by atoms with Gasteiger partial charge in [0.15, 0.2) is 0 Å². The van der Waals surface area contributed by atoms with Crippen molar-refractivity contribution in [3.8, 4) is 5.75 Å². The molecule has 1 atom stereocenters. The van der Waals surface area contributed by atoms with E-state index in [1.807, 2.05) is 12.1 Å². The highest BCUT2D eigenvalue weighted by molar-refractivity contribution is 9.11. The summed E-state index contributed by atoms with van der Waals surface area (Å²) in [7, 11) is 1.70. The third-order valence-corrected chi connectivity index (χ3v) is 4.40. The molecular formula is C14H16BrNOS. The molecule has 0 saturated carbocycles. The van der Waals surface area contributed by atoms with E-state index in [1.165, 1.54) is 10.4 Å². The molecule has 0 radical (unpaired) electrons. The largest absolute Gasteiger partial charge is 0.497 e. The zero-order valence-corrected chi connectivity index (χ0v) is 12.8. The molecule has 0 saturated heterocycles. The third kappa shape index (κ3) is 3.13. The highest BCUT2D eigenvalue weighted by atomic mass is 79.9. The Morgan fingerprint density at radius 3 is 2.78 bits per heavy atom. The summed E-state index contributed by atoms with van der Waals surface area (Å²) in [6.45, 7) is 3.05. The summed E-state index contributed by atoms with van der Waals surface area (Å²) in [6.07, 6.45) is 0. The molecule has 2 rings (SSSR count). The van der Waals surface area contributed by atoms with Crippen LogP contribution in [0.15, 0.2) is 40.2 Å². The van der Waals surface area contributed by atoms with Crippen molar-refractivity contribution >= 4 is 27.3 Å². The Hall–Kier alpha value is -0.840. The number of halogens is 1. The van der Waals surface area contributed by atoms with Crippen molar-refractivity contribution in [3.63, 3.8) is 0 Å². The van der Waals surface area contributed by atoms with E-state index in [1.54, 1.807) is 18.4 Å². The van der Waals surface area contributed by atoms with Crippen molar-refractivity contribution in [2.75, 3.05) is 13.7 Å². The zero-order valence-electron chi connectivity index (χ0n) is 10.4. The molecule has 0 aliphatic rings. The van der Waals surface area contributed by atoms with E-state index in [9.17, 15) is 0 Å². The third-order valence-electron chi connectivity index (χ3n) is 2.71. The first-order chi connectivity index (χ1) is 8.74. The van der Waals surface area contributed by atoms with E-state index in [0.29, 0.717) is 0 Å². The highest BCUT2D eigenvalue weighted by Gasteiger charge is 2.15. The lowest BCUT2D eigenvalue weighted by atomic mass is 10.1. The monoisotopic (exact) mass is 325 g/mol. The van der Waals surface area contributed by atoms with Gasteiger partial charge in [0, 0.05) is 4.88 Å². The fourth-order valence-electron chi connectivity index (χ4n) is 1.89. The molecule has 0 aliphatic heterocycles. The summed E-state index contributed by atoms with van der Waals surface area (Å²) in [5.74, 6) is 0.894. The van der Waals surface area contributed by atoms with Crippen LogP contribution in [0.4, 0.5) is 0 Å². The second-order valence-electron chi connectivity index (χ2n) is 3.91. The van der Waals surface area contributed by atoms with Gasteiger partial charge >= 0.3 is 0 Å². The molecule has 1 aromatic carbocycles. The molecule has 4 heteroatoms. The molecule has 1 aromatic heterocycles. The van der Waals surface area contributed by atoms with Crippen LogP contribution in [0, 0.1) is 0 Å². The summed E-state index contributed by atoms with van der Waals surface area (Å²) in [5, 5.41) is 3.51. The van der Waals surface area contributed by atoms with E-state index < -0.39 is 0 Å². The number of rotatable bonds is 5. The Kier molecular flexibility index (Phi) is 4.80. The summed E-state index contributed by atoms with van der Waals surface area (Å²) in [4.78, 5) is 1.30.